The molecule has 1 N–H and O–H groups in total. The van der Waals surface area contributed by atoms with Crippen molar-refractivity contribution in [3.63, 3.8) is 0 Å². The monoisotopic (exact) mass is 382 g/mol. The third-order valence-corrected chi connectivity index (χ3v) is 7.68. The molecule has 1 heterocycles. The Morgan fingerprint density at radius 1 is 1.00 bits per heavy atom. The van der Waals surface area contributed by atoms with Crippen molar-refractivity contribution in [3.05, 3.63) is 35.4 Å². The number of likely N-dealkylation sites (tertiary alicyclic amines) is 1. The Morgan fingerprint density at radius 3 is 2.21 bits per heavy atom. The Labute approximate surface area is 171 Å². The zero-order valence-corrected chi connectivity index (χ0v) is 18.5. The summed E-state index contributed by atoms with van der Waals surface area (Å²) in [6.45, 7) is 13.9. The normalized spacial score (nSPS) is 28.8. The molecule has 1 amide bonds. The van der Waals surface area contributed by atoms with Gasteiger partial charge >= 0.3 is 0 Å². The number of hydrogen-bond acceptors (Lipinski definition) is 2. The van der Waals surface area contributed by atoms with E-state index < -0.39 is 0 Å². The summed E-state index contributed by atoms with van der Waals surface area (Å²) >= 11 is 0. The standard InChI is InChI=1S/C25H38N2O/c1-18(28)26-22-16-25(21-9-7-6-8-20(21)22)10-12-27(13-11-25)19-14-23(2,3)17-24(4,5)15-19/h6-9,19,22H,10-17H2,1-5H3,(H,26,28)/t22-/m0/s1. The van der Waals surface area contributed by atoms with E-state index >= 15 is 0 Å². The lowest BCUT2D eigenvalue weighted by Gasteiger charge is -2.51. The van der Waals surface area contributed by atoms with Crippen LogP contribution in [0.15, 0.2) is 24.3 Å². The molecule has 2 fully saturated rings. The molecule has 1 saturated heterocycles. The van der Waals surface area contributed by atoms with E-state index in [0.29, 0.717) is 10.8 Å². The van der Waals surface area contributed by atoms with Gasteiger partial charge in [0.25, 0.3) is 0 Å². The van der Waals surface area contributed by atoms with Crippen LogP contribution in [0.25, 0.3) is 0 Å². The van der Waals surface area contributed by atoms with Crippen LogP contribution in [-0.2, 0) is 10.2 Å². The van der Waals surface area contributed by atoms with Gasteiger partial charge in [0, 0.05) is 18.4 Å². The number of nitrogens with one attached hydrogen (secondary N) is 1. The van der Waals surface area contributed by atoms with Crippen LogP contribution >= 0.6 is 0 Å². The van der Waals surface area contributed by atoms with E-state index in [1.807, 2.05) is 0 Å². The lowest BCUT2D eigenvalue weighted by molar-refractivity contribution is -0.119. The van der Waals surface area contributed by atoms with Gasteiger partial charge in [-0.05, 0) is 73.6 Å². The number of fused-ring (bicyclic) bond motifs is 2. The van der Waals surface area contributed by atoms with Crippen LogP contribution in [0.2, 0.25) is 0 Å². The fourth-order valence-electron chi connectivity index (χ4n) is 7.11. The van der Waals surface area contributed by atoms with Crippen LogP contribution in [0.3, 0.4) is 0 Å². The van der Waals surface area contributed by atoms with Crippen LogP contribution in [0.1, 0.15) is 90.3 Å². The molecule has 1 saturated carbocycles. The highest BCUT2D eigenvalue weighted by molar-refractivity contribution is 5.73. The van der Waals surface area contributed by atoms with Crippen molar-refractivity contribution in [2.24, 2.45) is 10.8 Å². The first-order valence-electron chi connectivity index (χ1n) is 11.2. The van der Waals surface area contributed by atoms with E-state index in [1.165, 1.54) is 56.3 Å². The average molecular weight is 383 g/mol. The van der Waals surface area contributed by atoms with E-state index in [-0.39, 0.29) is 17.4 Å². The second-order valence-corrected chi connectivity index (χ2v) is 11.4. The highest BCUT2D eigenvalue weighted by atomic mass is 16.1. The third kappa shape index (κ3) is 3.75. The van der Waals surface area contributed by atoms with E-state index in [1.54, 1.807) is 6.92 Å². The summed E-state index contributed by atoms with van der Waals surface area (Å²) in [5.41, 5.74) is 3.99. The fraction of sp³-hybridized carbons (Fsp3) is 0.720. The van der Waals surface area contributed by atoms with Crippen molar-refractivity contribution < 1.29 is 4.79 Å². The first-order chi connectivity index (χ1) is 13.1. The Bertz CT molecular complexity index is 727. The predicted octanol–water partition coefficient (Wildman–Crippen LogP) is 5.21. The van der Waals surface area contributed by atoms with Crippen LogP contribution in [0, 0.1) is 10.8 Å². The molecule has 0 bridgehead atoms. The second kappa shape index (κ2) is 6.86. The highest BCUT2D eigenvalue weighted by Gasteiger charge is 2.48. The summed E-state index contributed by atoms with van der Waals surface area (Å²) in [5, 5.41) is 3.21. The van der Waals surface area contributed by atoms with Crippen molar-refractivity contribution in [2.75, 3.05) is 13.1 Å². The first kappa shape index (κ1) is 19.9. The molecular formula is C25H38N2O. The van der Waals surface area contributed by atoms with Gasteiger partial charge in [0.2, 0.25) is 5.91 Å². The molecule has 2 aliphatic carbocycles. The molecule has 3 nitrogen and oxygen atoms in total. The van der Waals surface area contributed by atoms with Gasteiger partial charge in [0.05, 0.1) is 6.04 Å². The zero-order chi connectivity index (χ0) is 20.2. The van der Waals surface area contributed by atoms with Crippen LogP contribution in [-0.4, -0.2) is 29.9 Å². The van der Waals surface area contributed by atoms with Crippen LogP contribution in [0.5, 0.6) is 0 Å². The number of piperidine rings is 1. The number of amides is 1. The zero-order valence-electron chi connectivity index (χ0n) is 18.5. The van der Waals surface area contributed by atoms with Crippen LogP contribution in [0.4, 0.5) is 0 Å². The molecule has 1 aromatic rings. The van der Waals surface area contributed by atoms with Crippen molar-refractivity contribution in [3.8, 4) is 0 Å². The average Bonchev–Trinajstić information content (AvgIpc) is 2.86. The van der Waals surface area contributed by atoms with Gasteiger partial charge in [-0.25, -0.2) is 0 Å². The highest BCUT2D eigenvalue weighted by Crippen LogP contribution is 2.52. The third-order valence-electron chi connectivity index (χ3n) is 7.68. The minimum atomic E-state index is 0.0842. The van der Waals surface area contributed by atoms with Gasteiger partial charge in [-0.3, -0.25) is 4.79 Å². The van der Waals surface area contributed by atoms with Crippen molar-refractivity contribution in [2.45, 2.75) is 90.6 Å². The molecule has 1 aromatic carbocycles. The van der Waals surface area contributed by atoms with E-state index in [9.17, 15) is 4.79 Å². The molecule has 1 aliphatic heterocycles. The number of nitrogens with zero attached hydrogens (tertiary/aromatic N) is 1. The fourth-order valence-corrected chi connectivity index (χ4v) is 7.11. The number of carbonyl (C=O) groups is 1. The van der Waals surface area contributed by atoms with Crippen molar-refractivity contribution in [1.29, 1.82) is 0 Å². The summed E-state index contributed by atoms with van der Waals surface area (Å²) in [7, 11) is 0. The molecule has 0 radical (unpaired) electrons. The molecular weight excluding hydrogens is 344 g/mol. The SMILES string of the molecule is CC(=O)N[C@H]1CC2(CCN(C3CC(C)(C)CC(C)(C)C3)CC2)c2ccccc21. The second-order valence-electron chi connectivity index (χ2n) is 11.4. The lowest BCUT2D eigenvalue weighted by atomic mass is 9.63. The van der Waals surface area contributed by atoms with Crippen molar-refractivity contribution in [1.82, 2.24) is 10.2 Å². The molecule has 1 spiro atoms. The summed E-state index contributed by atoms with van der Waals surface area (Å²) in [6.07, 6.45) is 7.50. The summed E-state index contributed by atoms with van der Waals surface area (Å²) in [5.74, 6) is 0.0842. The maximum Gasteiger partial charge on any atom is 0.217 e. The molecule has 4 rings (SSSR count). The Balaban J connectivity index is 1.50. The number of hydrogen-bond donors (Lipinski definition) is 1. The largest absolute Gasteiger partial charge is 0.349 e. The van der Waals surface area contributed by atoms with Gasteiger partial charge in [0.15, 0.2) is 0 Å². The molecule has 154 valence electrons. The summed E-state index contributed by atoms with van der Waals surface area (Å²) in [6, 6.07) is 9.75. The van der Waals surface area contributed by atoms with Gasteiger partial charge in [-0.2, -0.15) is 0 Å². The molecule has 1 atom stereocenters. The van der Waals surface area contributed by atoms with Gasteiger partial charge in [-0.1, -0.05) is 52.0 Å². The van der Waals surface area contributed by atoms with Crippen molar-refractivity contribution >= 4 is 5.91 Å². The topological polar surface area (TPSA) is 32.3 Å². The van der Waals surface area contributed by atoms with Crippen LogP contribution < -0.4 is 5.32 Å². The molecule has 3 heteroatoms. The number of benzene rings is 1. The molecule has 28 heavy (non-hydrogen) atoms. The number of carbonyl (C=O) groups excluding carboxylic acids is 1. The maximum atomic E-state index is 11.7. The van der Waals surface area contributed by atoms with Gasteiger partial charge in [0.1, 0.15) is 0 Å². The minimum Gasteiger partial charge on any atom is -0.349 e. The lowest BCUT2D eigenvalue weighted by Crippen LogP contribution is -2.51. The first-order valence-corrected chi connectivity index (χ1v) is 11.2. The molecule has 0 unspecified atom stereocenters. The van der Waals surface area contributed by atoms with E-state index in [2.05, 4.69) is 62.2 Å². The predicted molar refractivity (Wildman–Crippen MR) is 115 cm³/mol. The van der Waals surface area contributed by atoms with E-state index in [0.717, 1.165) is 12.5 Å². The summed E-state index contributed by atoms with van der Waals surface area (Å²) in [4.78, 5) is 14.5. The minimum absolute atomic E-state index is 0.0842. The Kier molecular flexibility index (Phi) is 4.89. The molecule has 3 aliphatic rings. The van der Waals surface area contributed by atoms with Gasteiger partial charge < -0.3 is 10.2 Å². The Hall–Kier alpha value is -1.35. The quantitative estimate of drug-likeness (QED) is 0.762. The maximum absolute atomic E-state index is 11.7. The Morgan fingerprint density at radius 2 is 1.61 bits per heavy atom. The number of rotatable bonds is 2. The van der Waals surface area contributed by atoms with E-state index in [4.69, 9.17) is 0 Å². The molecule has 0 aromatic heterocycles. The smallest absolute Gasteiger partial charge is 0.217 e. The summed E-state index contributed by atoms with van der Waals surface area (Å²) < 4.78 is 0. The van der Waals surface area contributed by atoms with Gasteiger partial charge in [-0.15, -0.1) is 0 Å².